The SMILES string of the molecule is CCOc1cccc(CNc2cc(C)nc(Cl)n2)c1. The molecule has 0 aliphatic rings. The molecule has 0 unspecified atom stereocenters. The summed E-state index contributed by atoms with van der Waals surface area (Å²) in [5.74, 6) is 1.60. The first-order chi connectivity index (χ1) is 9.17. The highest BCUT2D eigenvalue weighted by Gasteiger charge is 2.01. The lowest BCUT2D eigenvalue weighted by molar-refractivity contribution is 0.340. The highest BCUT2D eigenvalue weighted by molar-refractivity contribution is 6.28. The molecule has 0 saturated carbocycles. The second kappa shape index (κ2) is 6.38. The molecule has 0 aliphatic carbocycles. The minimum absolute atomic E-state index is 0.255. The van der Waals surface area contributed by atoms with Crippen molar-refractivity contribution in [2.75, 3.05) is 11.9 Å². The van der Waals surface area contributed by atoms with Gasteiger partial charge in [-0.05, 0) is 43.1 Å². The van der Waals surface area contributed by atoms with Crippen molar-refractivity contribution >= 4 is 17.4 Å². The Labute approximate surface area is 117 Å². The van der Waals surface area contributed by atoms with Crippen molar-refractivity contribution in [3.63, 3.8) is 0 Å². The Morgan fingerprint density at radius 1 is 1.26 bits per heavy atom. The summed E-state index contributed by atoms with van der Waals surface area (Å²) in [7, 11) is 0. The second-order valence-electron chi connectivity index (χ2n) is 4.10. The molecular weight excluding hydrogens is 262 g/mol. The average Bonchev–Trinajstić information content (AvgIpc) is 2.36. The second-order valence-corrected chi connectivity index (χ2v) is 4.44. The average molecular weight is 278 g/mol. The quantitative estimate of drug-likeness (QED) is 0.851. The Kier molecular flexibility index (Phi) is 4.58. The van der Waals surface area contributed by atoms with Crippen LogP contribution in [0.25, 0.3) is 0 Å². The molecule has 2 aromatic rings. The molecule has 0 atom stereocenters. The van der Waals surface area contributed by atoms with Crippen molar-refractivity contribution in [1.82, 2.24) is 9.97 Å². The van der Waals surface area contributed by atoms with E-state index in [-0.39, 0.29) is 5.28 Å². The molecule has 1 heterocycles. The van der Waals surface area contributed by atoms with Crippen LogP contribution in [0.3, 0.4) is 0 Å². The van der Waals surface area contributed by atoms with Gasteiger partial charge in [0.25, 0.3) is 0 Å². The Balaban J connectivity index is 2.03. The Morgan fingerprint density at radius 2 is 2.11 bits per heavy atom. The zero-order valence-electron chi connectivity index (χ0n) is 11.0. The number of hydrogen-bond acceptors (Lipinski definition) is 4. The van der Waals surface area contributed by atoms with E-state index in [9.17, 15) is 0 Å². The fourth-order valence-electron chi connectivity index (χ4n) is 1.73. The fraction of sp³-hybridized carbons (Fsp3) is 0.286. The number of rotatable bonds is 5. The van der Waals surface area contributed by atoms with E-state index in [2.05, 4.69) is 15.3 Å². The van der Waals surface area contributed by atoms with Crippen LogP contribution in [0, 0.1) is 6.92 Å². The largest absolute Gasteiger partial charge is 0.494 e. The predicted molar refractivity (Wildman–Crippen MR) is 76.7 cm³/mol. The third kappa shape index (κ3) is 4.10. The number of benzene rings is 1. The lowest BCUT2D eigenvalue weighted by Gasteiger charge is -2.08. The minimum atomic E-state index is 0.255. The third-order valence-electron chi connectivity index (χ3n) is 2.51. The van der Waals surface area contributed by atoms with Crippen LogP contribution in [0.4, 0.5) is 5.82 Å². The number of nitrogens with zero attached hydrogens (tertiary/aromatic N) is 2. The molecule has 0 bridgehead atoms. The van der Waals surface area contributed by atoms with Gasteiger partial charge in [0.1, 0.15) is 11.6 Å². The maximum Gasteiger partial charge on any atom is 0.224 e. The first kappa shape index (κ1) is 13.6. The number of nitrogens with one attached hydrogen (secondary N) is 1. The van der Waals surface area contributed by atoms with E-state index in [1.54, 1.807) is 0 Å². The molecule has 1 N–H and O–H groups in total. The monoisotopic (exact) mass is 277 g/mol. The maximum atomic E-state index is 5.82. The van der Waals surface area contributed by atoms with Crippen LogP contribution in [-0.4, -0.2) is 16.6 Å². The maximum absolute atomic E-state index is 5.82. The Hall–Kier alpha value is -1.81. The van der Waals surface area contributed by atoms with Gasteiger partial charge in [0, 0.05) is 18.3 Å². The van der Waals surface area contributed by atoms with E-state index in [0.29, 0.717) is 13.2 Å². The van der Waals surface area contributed by atoms with Gasteiger partial charge in [0.2, 0.25) is 5.28 Å². The molecule has 0 saturated heterocycles. The van der Waals surface area contributed by atoms with Crippen molar-refractivity contribution < 1.29 is 4.74 Å². The van der Waals surface area contributed by atoms with Crippen LogP contribution >= 0.6 is 11.6 Å². The first-order valence-electron chi connectivity index (χ1n) is 6.14. The molecule has 4 nitrogen and oxygen atoms in total. The van der Waals surface area contributed by atoms with Crippen LogP contribution in [0.15, 0.2) is 30.3 Å². The van der Waals surface area contributed by atoms with Crippen molar-refractivity contribution in [3.8, 4) is 5.75 Å². The lowest BCUT2D eigenvalue weighted by Crippen LogP contribution is -2.03. The van der Waals surface area contributed by atoms with Gasteiger partial charge in [0.05, 0.1) is 6.61 Å². The number of aryl methyl sites for hydroxylation is 1. The lowest BCUT2D eigenvalue weighted by atomic mass is 10.2. The summed E-state index contributed by atoms with van der Waals surface area (Å²) >= 11 is 5.82. The van der Waals surface area contributed by atoms with E-state index >= 15 is 0 Å². The van der Waals surface area contributed by atoms with Gasteiger partial charge >= 0.3 is 0 Å². The molecule has 2 rings (SSSR count). The predicted octanol–water partition coefficient (Wildman–Crippen LogP) is 3.45. The summed E-state index contributed by atoms with van der Waals surface area (Å²) in [6.07, 6.45) is 0. The topological polar surface area (TPSA) is 47.0 Å². The number of ether oxygens (including phenoxy) is 1. The highest BCUT2D eigenvalue weighted by atomic mass is 35.5. The van der Waals surface area contributed by atoms with Crippen molar-refractivity contribution in [3.05, 3.63) is 46.9 Å². The van der Waals surface area contributed by atoms with Crippen LogP contribution in [0.1, 0.15) is 18.2 Å². The van der Waals surface area contributed by atoms with Gasteiger partial charge in [-0.2, -0.15) is 0 Å². The molecule has 0 radical (unpaired) electrons. The van der Waals surface area contributed by atoms with Crippen molar-refractivity contribution in [2.45, 2.75) is 20.4 Å². The highest BCUT2D eigenvalue weighted by Crippen LogP contribution is 2.15. The first-order valence-corrected chi connectivity index (χ1v) is 6.52. The van der Waals surface area contributed by atoms with Crippen molar-refractivity contribution in [1.29, 1.82) is 0 Å². The number of aromatic nitrogens is 2. The number of halogens is 1. The summed E-state index contributed by atoms with van der Waals surface area (Å²) in [4.78, 5) is 8.14. The van der Waals surface area contributed by atoms with Crippen molar-refractivity contribution in [2.24, 2.45) is 0 Å². The van der Waals surface area contributed by atoms with Gasteiger partial charge in [-0.25, -0.2) is 9.97 Å². The van der Waals surface area contributed by atoms with Gasteiger partial charge < -0.3 is 10.1 Å². The van der Waals surface area contributed by atoms with E-state index in [4.69, 9.17) is 16.3 Å². The van der Waals surface area contributed by atoms with E-state index in [1.807, 2.05) is 44.2 Å². The molecule has 19 heavy (non-hydrogen) atoms. The summed E-state index contributed by atoms with van der Waals surface area (Å²) in [5.41, 5.74) is 1.96. The smallest absolute Gasteiger partial charge is 0.224 e. The summed E-state index contributed by atoms with van der Waals surface area (Å²) in [5, 5.41) is 3.48. The van der Waals surface area contributed by atoms with E-state index < -0.39 is 0 Å². The molecule has 1 aromatic heterocycles. The van der Waals surface area contributed by atoms with Gasteiger partial charge in [-0.3, -0.25) is 0 Å². The minimum Gasteiger partial charge on any atom is -0.494 e. The molecule has 0 spiro atoms. The molecule has 0 amide bonds. The molecular formula is C14H16ClN3O. The van der Waals surface area contributed by atoms with Crippen LogP contribution in [-0.2, 0) is 6.54 Å². The zero-order valence-corrected chi connectivity index (χ0v) is 11.7. The van der Waals surface area contributed by atoms with E-state index in [1.165, 1.54) is 0 Å². The summed E-state index contributed by atoms with van der Waals surface area (Å²) in [6, 6.07) is 9.81. The Morgan fingerprint density at radius 3 is 2.84 bits per heavy atom. The van der Waals surface area contributed by atoms with Crippen LogP contribution in [0.5, 0.6) is 5.75 Å². The van der Waals surface area contributed by atoms with Gasteiger partial charge in [-0.15, -0.1) is 0 Å². The summed E-state index contributed by atoms with van der Waals surface area (Å²) < 4.78 is 5.46. The summed E-state index contributed by atoms with van der Waals surface area (Å²) in [6.45, 7) is 5.18. The molecule has 5 heteroatoms. The number of hydrogen-bond donors (Lipinski definition) is 1. The Bertz CT molecular complexity index is 540. The normalized spacial score (nSPS) is 10.3. The van der Waals surface area contributed by atoms with E-state index in [0.717, 1.165) is 22.8 Å². The molecule has 0 fully saturated rings. The zero-order chi connectivity index (χ0) is 13.7. The molecule has 0 aliphatic heterocycles. The standard InChI is InChI=1S/C14H16ClN3O/c1-3-19-12-6-4-5-11(8-12)9-16-13-7-10(2)17-14(15)18-13/h4-8H,3,9H2,1-2H3,(H,16,17,18). The third-order valence-corrected chi connectivity index (χ3v) is 2.68. The van der Waals surface area contributed by atoms with Crippen LogP contribution in [0.2, 0.25) is 5.28 Å². The number of anilines is 1. The van der Waals surface area contributed by atoms with Crippen LogP contribution < -0.4 is 10.1 Å². The van der Waals surface area contributed by atoms with Gasteiger partial charge in [0.15, 0.2) is 0 Å². The fourth-order valence-corrected chi connectivity index (χ4v) is 1.95. The van der Waals surface area contributed by atoms with Gasteiger partial charge in [-0.1, -0.05) is 12.1 Å². The molecule has 1 aromatic carbocycles. The molecule has 100 valence electrons.